The van der Waals surface area contributed by atoms with Gasteiger partial charge in [-0.15, -0.1) is 11.3 Å². The highest BCUT2D eigenvalue weighted by Gasteiger charge is 2.18. The topological polar surface area (TPSA) is 29.1 Å². The number of hydrogen-bond acceptors (Lipinski definition) is 2. The first-order chi connectivity index (χ1) is 6.34. The van der Waals surface area contributed by atoms with Crippen molar-refractivity contribution in [1.82, 2.24) is 5.32 Å². The Labute approximate surface area is 81.3 Å². The summed E-state index contributed by atoms with van der Waals surface area (Å²) >= 11 is 1.71. The zero-order valence-corrected chi connectivity index (χ0v) is 8.01. The molecule has 0 aromatic carbocycles. The maximum absolute atomic E-state index is 10.9. The molecule has 2 rings (SSSR count). The smallest absolute Gasteiger partial charge is 0.220 e. The SMILES string of the molecule is O=C1CC(/C=C/c2cccs2)CN1. The Hall–Kier alpha value is -1.09. The number of rotatable bonds is 2. The van der Waals surface area contributed by atoms with Crippen LogP contribution in [0.3, 0.4) is 0 Å². The van der Waals surface area contributed by atoms with E-state index in [0.29, 0.717) is 12.3 Å². The van der Waals surface area contributed by atoms with Gasteiger partial charge < -0.3 is 5.32 Å². The molecule has 0 spiro atoms. The van der Waals surface area contributed by atoms with E-state index in [1.54, 1.807) is 11.3 Å². The predicted octanol–water partition coefficient (Wildman–Crippen LogP) is 1.90. The summed E-state index contributed by atoms with van der Waals surface area (Å²) in [6.45, 7) is 0.792. The highest BCUT2D eigenvalue weighted by atomic mass is 32.1. The Bertz CT molecular complexity index is 316. The van der Waals surface area contributed by atoms with Crippen molar-refractivity contribution < 1.29 is 4.79 Å². The predicted molar refractivity (Wildman–Crippen MR) is 54.5 cm³/mol. The van der Waals surface area contributed by atoms with Crippen molar-refractivity contribution in [3.63, 3.8) is 0 Å². The van der Waals surface area contributed by atoms with E-state index in [4.69, 9.17) is 0 Å². The van der Waals surface area contributed by atoms with Gasteiger partial charge in [0.1, 0.15) is 0 Å². The molecule has 1 aromatic heterocycles. The Morgan fingerprint density at radius 3 is 3.15 bits per heavy atom. The van der Waals surface area contributed by atoms with Crippen LogP contribution >= 0.6 is 11.3 Å². The van der Waals surface area contributed by atoms with Crippen molar-refractivity contribution in [1.29, 1.82) is 0 Å². The minimum absolute atomic E-state index is 0.167. The third kappa shape index (κ3) is 2.18. The molecule has 2 nitrogen and oxygen atoms in total. The molecule has 1 N–H and O–H groups in total. The molecular formula is C10H11NOS. The minimum Gasteiger partial charge on any atom is -0.355 e. The summed E-state index contributed by atoms with van der Waals surface area (Å²) < 4.78 is 0. The third-order valence-electron chi connectivity index (χ3n) is 2.08. The van der Waals surface area contributed by atoms with Gasteiger partial charge in [-0.3, -0.25) is 4.79 Å². The molecule has 13 heavy (non-hydrogen) atoms. The molecule has 1 atom stereocenters. The maximum atomic E-state index is 10.9. The van der Waals surface area contributed by atoms with E-state index in [1.165, 1.54) is 4.88 Å². The van der Waals surface area contributed by atoms with E-state index in [-0.39, 0.29) is 5.91 Å². The van der Waals surface area contributed by atoms with Crippen LogP contribution in [-0.2, 0) is 4.79 Å². The third-order valence-corrected chi connectivity index (χ3v) is 2.92. The minimum atomic E-state index is 0.167. The lowest BCUT2D eigenvalue weighted by Crippen LogP contribution is -2.13. The van der Waals surface area contributed by atoms with Gasteiger partial charge in [0.15, 0.2) is 0 Å². The van der Waals surface area contributed by atoms with E-state index < -0.39 is 0 Å². The van der Waals surface area contributed by atoms with Crippen LogP contribution in [0.15, 0.2) is 23.6 Å². The number of nitrogens with one attached hydrogen (secondary N) is 1. The second-order valence-electron chi connectivity index (χ2n) is 3.14. The van der Waals surface area contributed by atoms with Crippen LogP contribution < -0.4 is 5.32 Å². The summed E-state index contributed by atoms with van der Waals surface area (Å²) in [5.74, 6) is 0.551. The monoisotopic (exact) mass is 193 g/mol. The first-order valence-corrected chi connectivity index (χ1v) is 5.21. The first kappa shape index (κ1) is 8.51. The van der Waals surface area contributed by atoms with Gasteiger partial charge in [-0.1, -0.05) is 12.1 Å². The standard InChI is InChI=1S/C10H11NOS/c12-10-6-8(7-11-10)3-4-9-2-1-5-13-9/h1-5,8H,6-7H2,(H,11,12)/b4-3+. The van der Waals surface area contributed by atoms with Gasteiger partial charge in [0, 0.05) is 23.8 Å². The number of thiophene rings is 1. The van der Waals surface area contributed by atoms with E-state index in [0.717, 1.165) is 6.54 Å². The molecule has 2 heterocycles. The van der Waals surface area contributed by atoms with Gasteiger partial charge >= 0.3 is 0 Å². The number of carbonyl (C=O) groups excluding carboxylic acids is 1. The van der Waals surface area contributed by atoms with Gasteiger partial charge in [0.25, 0.3) is 0 Å². The molecule has 1 fully saturated rings. The van der Waals surface area contributed by atoms with Crippen LogP contribution in [0.4, 0.5) is 0 Å². The second-order valence-corrected chi connectivity index (χ2v) is 4.12. The molecule has 1 aromatic rings. The molecule has 1 saturated heterocycles. The van der Waals surface area contributed by atoms with Gasteiger partial charge in [0.2, 0.25) is 5.91 Å². The fourth-order valence-electron chi connectivity index (χ4n) is 1.38. The average molecular weight is 193 g/mol. The highest BCUT2D eigenvalue weighted by Crippen LogP contribution is 2.15. The molecule has 1 unspecified atom stereocenters. The van der Waals surface area contributed by atoms with Crippen molar-refractivity contribution in [2.75, 3.05) is 6.54 Å². The van der Waals surface area contributed by atoms with Crippen LogP contribution in [0.25, 0.3) is 6.08 Å². The fourth-order valence-corrected chi connectivity index (χ4v) is 2.01. The van der Waals surface area contributed by atoms with Crippen molar-refractivity contribution in [2.24, 2.45) is 5.92 Å². The zero-order valence-electron chi connectivity index (χ0n) is 7.19. The average Bonchev–Trinajstić information content (AvgIpc) is 2.71. The summed E-state index contributed by atoms with van der Waals surface area (Å²) in [6.07, 6.45) is 4.85. The summed E-state index contributed by atoms with van der Waals surface area (Å²) in [6, 6.07) is 4.10. The lowest BCUT2D eigenvalue weighted by molar-refractivity contribution is -0.119. The Morgan fingerprint density at radius 1 is 1.62 bits per heavy atom. The van der Waals surface area contributed by atoms with Crippen LogP contribution in [-0.4, -0.2) is 12.5 Å². The van der Waals surface area contributed by atoms with Gasteiger partial charge in [-0.25, -0.2) is 0 Å². The van der Waals surface area contributed by atoms with Gasteiger partial charge in [0.05, 0.1) is 0 Å². The van der Waals surface area contributed by atoms with E-state index in [9.17, 15) is 4.79 Å². The number of carbonyl (C=O) groups is 1. The summed E-state index contributed by atoms with van der Waals surface area (Å²) in [7, 11) is 0. The largest absolute Gasteiger partial charge is 0.355 e. The number of hydrogen-bond donors (Lipinski definition) is 1. The van der Waals surface area contributed by atoms with Gasteiger partial charge in [-0.05, 0) is 17.5 Å². The maximum Gasteiger partial charge on any atom is 0.220 e. The lowest BCUT2D eigenvalue weighted by atomic mass is 10.1. The molecule has 0 aliphatic carbocycles. The van der Waals surface area contributed by atoms with Gasteiger partial charge in [-0.2, -0.15) is 0 Å². The highest BCUT2D eigenvalue weighted by molar-refractivity contribution is 7.10. The molecule has 68 valence electrons. The van der Waals surface area contributed by atoms with Crippen molar-refractivity contribution in [3.05, 3.63) is 28.5 Å². The summed E-state index contributed by atoms with van der Waals surface area (Å²) in [5.41, 5.74) is 0. The van der Waals surface area contributed by atoms with E-state index >= 15 is 0 Å². The Morgan fingerprint density at radius 2 is 2.54 bits per heavy atom. The van der Waals surface area contributed by atoms with E-state index in [2.05, 4.69) is 28.9 Å². The Kier molecular flexibility index (Phi) is 2.45. The quantitative estimate of drug-likeness (QED) is 0.763. The molecular weight excluding hydrogens is 182 g/mol. The molecule has 1 amide bonds. The van der Waals surface area contributed by atoms with Crippen LogP contribution in [0.2, 0.25) is 0 Å². The van der Waals surface area contributed by atoms with E-state index in [1.807, 2.05) is 6.07 Å². The molecule has 1 aliphatic heterocycles. The molecule has 1 aliphatic rings. The first-order valence-electron chi connectivity index (χ1n) is 4.33. The number of amides is 1. The molecule has 0 radical (unpaired) electrons. The summed E-state index contributed by atoms with van der Waals surface area (Å²) in [4.78, 5) is 12.1. The normalized spacial score (nSPS) is 22.5. The van der Waals surface area contributed by atoms with Crippen molar-refractivity contribution in [2.45, 2.75) is 6.42 Å². The lowest BCUT2D eigenvalue weighted by Gasteiger charge is -1.95. The van der Waals surface area contributed by atoms with Crippen LogP contribution in [0, 0.1) is 5.92 Å². The molecule has 3 heteroatoms. The zero-order chi connectivity index (χ0) is 9.10. The van der Waals surface area contributed by atoms with Crippen molar-refractivity contribution in [3.8, 4) is 0 Å². The van der Waals surface area contributed by atoms with Crippen LogP contribution in [0.5, 0.6) is 0 Å². The second kappa shape index (κ2) is 3.75. The van der Waals surface area contributed by atoms with Crippen LogP contribution in [0.1, 0.15) is 11.3 Å². The molecule has 0 saturated carbocycles. The fraction of sp³-hybridized carbons (Fsp3) is 0.300. The molecule has 0 bridgehead atoms. The summed E-state index contributed by atoms with van der Waals surface area (Å²) in [5, 5.41) is 4.87. The Balaban J connectivity index is 1.94. The van der Waals surface area contributed by atoms with Crippen molar-refractivity contribution >= 4 is 23.3 Å².